The molecule has 2 aliphatic rings. The molecule has 4 heterocycles. The molecule has 2 aliphatic heterocycles. The molecule has 0 saturated carbocycles. The SMILES string of the molecule is COC1CN(C(=O)Nc2cnn3ccc(N4CCC[C@@H]4c4cc(F)ccc4F)nc23)C1. The van der Waals surface area contributed by atoms with E-state index in [9.17, 15) is 13.6 Å². The minimum atomic E-state index is -0.464. The molecule has 31 heavy (non-hydrogen) atoms. The van der Waals surface area contributed by atoms with Crippen molar-refractivity contribution in [1.29, 1.82) is 0 Å². The van der Waals surface area contributed by atoms with E-state index in [1.165, 1.54) is 6.07 Å². The molecule has 2 fully saturated rings. The number of benzene rings is 1. The molecule has 10 heteroatoms. The second-order valence-electron chi connectivity index (χ2n) is 7.82. The lowest BCUT2D eigenvalue weighted by molar-refractivity contribution is -0.00465. The van der Waals surface area contributed by atoms with Gasteiger partial charge in [0.05, 0.1) is 31.4 Å². The van der Waals surface area contributed by atoms with Crippen molar-refractivity contribution in [3.8, 4) is 0 Å². The summed E-state index contributed by atoms with van der Waals surface area (Å²) >= 11 is 0. The summed E-state index contributed by atoms with van der Waals surface area (Å²) in [5.41, 5.74) is 1.30. The Morgan fingerprint density at radius 2 is 2.10 bits per heavy atom. The van der Waals surface area contributed by atoms with Crippen LogP contribution in [0.2, 0.25) is 0 Å². The molecule has 3 aromatic rings. The van der Waals surface area contributed by atoms with E-state index >= 15 is 0 Å². The van der Waals surface area contributed by atoms with Crippen LogP contribution in [0.5, 0.6) is 0 Å². The average molecular weight is 428 g/mol. The lowest BCUT2D eigenvalue weighted by atomic mass is 10.0. The molecule has 0 aliphatic carbocycles. The van der Waals surface area contributed by atoms with Gasteiger partial charge in [-0.05, 0) is 37.1 Å². The first-order chi connectivity index (χ1) is 15.0. The second kappa shape index (κ2) is 7.77. The maximum absolute atomic E-state index is 14.4. The molecule has 5 rings (SSSR count). The summed E-state index contributed by atoms with van der Waals surface area (Å²) in [5.74, 6) is -0.271. The largest absolute Gasteiger partial charge is 0.378 e. The monoisotopic (exact) mass is 428 g/mol. The number of aromatic nitrogens is 3. The van der Waals surface area contributed by atoms with E-state index < -0.39 is 11.6 Å². The molecule has 1 atom stereocenters. The predicted molar refractivity (Wildman–Crippen MR) is 110 cm³/mol. The number of carbonyl (C=O) groups is 1. The van der Waals surface area contributed by atoms with Crippen molar-refractivity contribution in [3.63, 3.8) is 0 Å². The van der Waals surface area contributed by atoms with Crippen molar-refractivity contribution in [2.45, 2.75) is 25.0 Å². The maximum atomic E-state index is 14.4. The summed E-state index contributed by atoms with van der Waals surface area (Å²) in [6, 6.07) is 4.78. The van der Waals surface area contributed by atoms with Crippen molar-refractivity contribution in [3.05, 3.63) is 53.9 Å². The Kier molecular flexibility index (Phi) is 4.93. The fourth-order valence-electron chi connectivity index (χ4n) is 4.19. The second-order valence-corrected chi connectivity index (χ2v) is 7.82. The smallest absolute Gasteiger partial charge is 0.322 e. The number of nitrogens with one attached hydrogen (secondary N) is 1. The Hall–Kier alpha value is -3.27. The van der Waals surface area contributed by atoms with Gasteiger partial charge in [-0.1, -0.05) is 0 Å². The van der Waals surface area contributed by atoms with Crippen molar-refractivity contribution in [2.75, 3.05) is 37.0 Å². The first-order valence-corrected chi connectivity index (χ1v) is 10.2. The van der Waals surface area contributed by atoms with Gasteiger partial charge in [0.2, 0.25) is 0 Å². The molecule has 2 aromatic heterocycles. The number of halogens is 2. The van der Waals surface area contributed by atoms with Crippen LogP contribution in [0, 0.1) is 11.6 Å². The fourth-order valence-corrected chi connectivity index (χ4v) is 4.19. The lowest BCUT2D eigenvalue weighted by Crippen LogP contribution is -2.55. The van der Waals surface area contributed by atoms with E-state index in [1.54, 1.807) is 35.0 Å². The van der Waals surface area contributed by atoms with Crippen molar-refractivity contribution < 1.29 is 18.3 Å². The standard InChI is InChI=1S/C21H22F2N6O2/c1-31-14-11-27(12-14)21(30)25-17-10-24-29-8-6-19(26-20(17)29)28-7-2-3-18(28)15-9-13(22)4-5-16(15)23/h4-6,8-10,14,18H,2-3,7,11-12H2,1H3,(H,25,30)/t18-/m1/s1. The Morgan fingerprint density at radius 3 is 2.90 bits per heavy atom. The van der Waals surface area contributed by atoms with Crippen LogP contribution in [0.15, 0.2) is 36.7 Å². The number of anilines is 2. The zero-order valence-electron chi connectivity index (χ0n) is 17.0. The number of amides is 2. The van der Waals surface area contributed by atoms with Crippen molar-refractivity contribution in [2.24, 2.45) is 0 Å². The van der Waals surface area contributed by atoms with E-state index in [1.807, 2.05) is 4.90 Å². The van der Waals surface area contributed by atoms with Gasteiger partial charge in [0.1, 0.15) is 23.1 Å². The van der Waals surface area contributed by atoms with Gasteiger partial charge >= 0.3 is 6.03 Å². The third kappa shape index (κ3) is 3.56. The van der Waals surface area contributed by atoms with Gasteiger partial charge in [0.25, 0.3) is 0 Å². The molecule has 2 amide bonds. The molecule has 2 saturated heterocycles. The first kappa shape index (κ1) is 19.7. The van der Waals surface area contributed by atoms with E-state index in [-0.39, 0.29) is 18.2 Å². The number of fused-ring (bicyclic) bond motifs is 1. The molecule has 1 N–H and O–H groups in total. The van der Waals surface area contributed by atoms with Gasteiger partial charge in [-0.25, -0.2) is 23.1 Å². The lowest BCUT2D eigenvalue weighted by Gasteiger charge is -2.37. The summed E-state index contributed by atoms with van der Waals surface area (Å²) in [4.78, 5) is 20.7. The molecule has 162 valence electrons. The van der Waals surface area contributed by atoms with Gasteiger partial charge in [0, 0.05) is 25.4 Å². The predicted octanol–water partition coefficient (Wildman–Crippen LogP) is 3.21. The van der Waals surface area contributed by atoms with Crippen LogP contribution < -0.4 is 10.2 Å². The highest BCUT2D eigenvalue weighted by molar-refractivity contribution is 5.93. The van der Waals surface area contributed by atoms with E-state index in [0.717, 1.165) is 18.6 Å². The fraction of sp³-hybridized carbons (Fsp3) is 0.381. The highest BCUT2D eigenvalue weighted by atomic mass is 19.1. The van der Waals surface area contributed by atoms with Gasteiger partial charge in [0.15, 0.2) is 5.65 Å². The average Bonchev–Trinajstić information content (AvgIpc) is 3.36. The van der Waals surface area contributed by atoms with Crippen LogP contribution >= 0.6 is 0 Å². The molecule has 1 aromatic carbocycles. The Bertz CT molecular complexity index is 1130. The third-order valence-corrected chi connectivity index (χ3v) is 5.93. The highest BCUT2D eigenvalue weighted by Gasteiger charge is 2.32. The number of ether oxygens (including phenoxy) is 1. The zero-order valence-corrected chi connectivity index (χ0v) is 17.0. The van der Waals surface area contributed by atoms with E-state index in [0.29, 0.717) is 48.8 Å². The molecular formula is C21H22F2N6O2. The molecule has 8 nitrogen and oxygen atoms in total. The Labute approximate surface area is 177 Å². The number of likely N-dealkylation sites (tertiary alicyclic amines) is 1. The number of nitrogens with zero attached hydrogens (tertiary/aromatic N) is 5. The summed E-state index contributed by atoms with van der Waals surface area (Å²) in [6.07, 6.45) is 4.90. The van der Waals surface area contributed by atoms with Gasteiger partial charge in [-0.2, -0.15) is 5.10 Å². The normalized spacial score (nSPS) is 19.1. The quantitative estimate of drug-likeness (QED) is 0.691. The van der Waals surface area contributed by atoms with Crippen LogP contribution in [-0.4, -0.2) is 58.4 Å². The van der Waals surface area contributed by atoms with Crippen LogP contribution in [0.1, 0.15) is 24.4 Å². The minimum Gasteiger partial charge on any atom is -0.378 e. The minimum absolute atomic E-state index is 0.0645. The third-order valence-electron chi connectivity index (χ3n) is 5.93. The number of hydrogen-bond donors (Lipinski definition) is 1. The van der Waals surface area contributed by atoms with Crippen LogP contribution in [-0.2, 0) is 4.74 Å². The molecular weight excluding hydrogens is 406 g/mol. The first-order valence-electron chi connectivity index (χ1n) is 10.2. The molecule has 0 spiro atoms. The maximum Gasteiger partial charge on any atom is 0.322 e. The van der Waals surface area contributed by atoms with Crippen LogP contribution in [0.4, 0.5) is 25.1 Å². The number of carbonyl (C=O) groups excluding carboxylic acids is 1. The zero-order chi connectivity index (χ0) is 21.5. The van der Waals surface area contributed by atoms with E-state index in [2.05, 4.69) is 15.4 Å². The summed E-state index contributed by atoms with van der Waals surface area (Å²) in [7, 11) is 1.62. The molecule has 0 radical (unpaired) electrons. The number of methoxy groups -OCH3 is 1. The van der Waals surface area contributed by atoms with Crippen LogP contribution in [0.25, 0.3) is 5.65 Å². The summed E-state index contributed by atoms with van der Waals surface area (Å²) < 4.78 is 34.9. The molecule has 0 bridgehead atoms. The summed E-state index contributed by atoms with van der Waals surface area (Å²) in [6.45, 7) is 1.75. The molecule has 0 unspecified atom stereocenters. The van der Waals surface area contributed by atoms with Crippen LogP contribution in [0.3, 0.4) is 0 Å². The topological polar surface area (TPSA) is 75.0 Å². The number of hydrogen-bond acceptors (Lipinski definition) is 5. The highest BCUT2D eigenvalue weighted by Crippen LogP contribution is 2.37. The number of rotatable bonds is 4. The Balaban J connectivity index is 1.41. The summed E-state index contributed by atoms with van der Waals surface area (Å²) in [5, 5.41) is 7.09. The van der Waals surface area contributed by atoms with Crippen molar-refractivity contribution in [1.82, 2.24) is 19.5 Å². The van der Waals surface area contributed by atoms with Gasteiger partial charge in [-0.15, -0.1) is 0 Å². The van der Waals surface area contributed by atoms with Gasteiger partial charge in [-0.3, -0.25) is 0 Å². The van der Waals surface area contributed by atoms with Crippen molar-refractivity contribution >= 4 is 23.2 Å². The number of urea groups is 1. The van der Waals surface area contributed by atoms with E-state index in [4.69, 9.17) is 4.74 Å². The Morgan fingerprint density at radius 1 is 1.26 bits per heavy atom. The van der Waals surface area contributed by atoms with Gasteiger partial charge < -0.3 is 19.9 Å².